The quantitative estimate of drug-likeness (QED) is 0.546. The first-order valence-corrected chi connectivity index (χ1v) is 7.08. The monoisotopic (exact) mass is 256 g/mol. The van der Waals surface area contributed by atoms with Gasteiger partial charge in [-0.05, 0) is 18.4 Å². The molecule has 5 nitrogen and oxygen atoms in total. The second-order valence-electron chi connectivity index (χ2n) is 3.54. The smallest absolute Gasteiger partial charge is 0.188 e. The second kappa shape index (κ2) is 6.42. The highest BCUT2D eigenvalue weighted by Gasteiger charge is 2.13. The number of nitriles is 1. The minimum Gasteiger partial charge on any atom is -0.378 e. The molecule has 0 radical (unpaired) electrons. The van der Waals surface area contributed by atoms with E-state index in [4.69, 9.17) is 10.00 Å². The van der Waals surface area contributed by atoms with Crippen LogP contribution < -0.4 is 0 Å². The average molecular weight is 256 g/mol. The van der Waals surface area contributed by atoms with E-state index >= 15 is 0 Å². The van der Waals surface area contributed by atoms with E-state index in [1.54, 1.807) is 18.3 Å². The molecule has 0 aromatic carbocycles. The normalized spacial score (nSPS) is 18.4. The van der Waals surface area contributed by atoms with Gasteiger partial charge in [0.05, 0.1) is 19.0 Å². The van der Waals surface area contributed by atoms with E-state index < -0.39 is 9.84 Å². The van der Waals surface area contributed by atoms with Gasteiger partial charge in [-0.3, -0.25) is 0 Å². The van der Waals surface area contributed by atoms with E-state index in [0.717, 1.165) is 13.1 Å². The van der Waals surface area contributed by atoms with Crippen LogP contribution in [0.3, 0.4) is 0 Å². The van der Waals surface area contributed by atoms with Crippen molar-refractivity contribution in [3.05, 3.63) is 23.3 Å². The number of hydrogen-bond donors (Lipinski definition) is 0. The molecule has 1 rings (SSSR count). The number of nitrogens with zero attached hydrogens (tertiary/aromatic N) is 2. The van der Waals surface area contributed by atoms with Gasteiger partial charge < -0.3 is 9.64 Å². The number of rotatable bonds is 4. The molecule has 1 aliphatic heterocycles. The molecule has 0 spiro atoms. The Morgan fingerprint density at radius 2 is 2.12 bits per heavy atom. The zero-order chi connectivity index (χ0) is 12.7. The van der Waals surface area contributed by atoms with E-state index in [1.807, 2.05) is 4.90 Å². The Labute approximate surface area is 102 Å². The molecule has 0 atom stereocenters. The van der Waals surface area contributed by atoms with Crippen molar-refractivity contribution in [1.82, 2.24) is 4.90 Å². The first kappa shape index (κ1) is 13.7. The Balaban J connectivity index is 2.68. The van der Waals surface area contributed by atoms with Crippen molar-refractivity contribution >= 4 is 9.84 Å². The van der Waals surface area contributed by atoms with Crippen molar-refractivity contribution in [3.63, 3.8) is 0 Å². The van der Waals surface area contributed by atoms with E-state index in [-0.39, 0.29) is 10.7 Å². The van der Waals surface area contributed by atoms with Crippen LogP contribution in [0.2, 0.25) is 0 Å². The molecule has 0 amide bonds. The molecule has 6 heteroatoms. The maximum atomic E-state index is 11.5. The highest BCUT2D eigenvalue weighted by atomic mass is 32.2. The van der Waals surface area contributed by atoms with Crippen LogP contribution in [0.25, 0.3) is 0 Å². The molecular weight excluding hydrogens is 240 g/mol. The SMILES string of the molecule is CCS(=O)(=O)C(C#N)=CC=CN1CCOCC1. The molecular formula is C11H16N2O3S. The summed E-state index contributed by atoms with van der Waals surface area (Å²) in [6, 6.07) is 1.71. The van der Waals surface area contributed by atoms with Crippen LogP contribution in [0.15, 0.2) is 23.3 Å². The summed E-state index contributed by atoms with van der Waals surface area (Å²) >= 11 is 0. The Morgan fingerprint density at radius 1 is 1.47 bits per heavy atom. The van der Waals surface area contributed by atoms with Gasteiger partial charge in [-0.1, -0.05) is 6.92 Å². The molecule has 0 aromatic rings. The first-order valence-electron chi connectivity index (χ1n) is 5.43. The Hall–Kier alpha value is -1.32. The van der Waals surface area contributed by atoms with E-state index in [0.29, 0.717) is 13.2 Å². The Morgan fingerprint density at radius 3 is 2.65 bits per heavy atom. The second-order valence-corrected chi connectivity index (χ2v) is 5.78. The molecule has 1 heterocycles. The summed E-state index contributed by atoms with van der Waals surface area (Å²) < 4.78 is 28.1. The lowest BCUT2D eigenvalue weighted by molar-refractivity contribution is 0.0594. The summed E-state index contributed by atoms with van der Waals surface area (Å²) in [7, 11) is -3.41. The van der Waals surface area contributed by atoms with E-state index in [1.165, 1.54) is 13.0 Å². The molecule has 0 saturated carbocycles. The number of ether oxygens (including phenoxy) is 1. The third-order valence-electron chi connectivity index (χ3n) is 2.42. The molecule has 1 aliphatic rings. The maximum Gasteiger partial charge on any atom is 0.188 e. The van der Waals surface area contributed by atoms with Crippen molar-refractivity contribution in [2.75, 3.05) is 32.1 Å². The van der Waals surface area contributed by atoms with E-state index in [9.17, 15) is 8.42 Å². The topological polar surface area (TPSA) is 70.4 Å². The molecule has 0 N–H and O–H groups in total. The Bertz CT molecular complexity index is 440. The van der Waals surface area contributed by atoms with Crippen LogP contribution in [0, 0.1) is 11.3 Å². The minimum atomic E-state index is -3.41. The maximum absolute atomic E-state index is 11.5. The number of hydrogen-bond acceptors (Lipinski definition) is 5. The van der Waals surface area contributed by atoms with Crippen LogP contribution in [-0.2, 0) is 14.6 Å². The van der Waals surface area contributed by atoms with Gasteiger partial charge in [0.15, 0.2) is 9.84 Å². The van der Waals surface area contributed by atoms with E-state index in [2.05, 4.69) is 0 Å². The fourth-order valence-electron chi connectivity index (χ4n) is 1.34. The molecule has 17 heavy (non-hydrogen) atoms. The van der Waals surface area contributed by atoms with Crippen molar-refractivity contribution in [3.8, 4) is 6.07 Å². The summed E-state index contributed by atoms with van der Waals surface area (Å²) in [4.78, 5) is 1.83. The summed E-state index contributed by atoms with van der Waals surface area (Å²) in [5.41, 5.74) is 0. The van der Waals surface area contributed by atoms with Crippen LogP contribution >= 0.6 is 0 Å². The standard InChI is InChI=1S/C11H16N2O3S/c1-2-17(14,15)11(10-12)4-3-5-13-6-8-16-9-7-13/h3-5H,2,6-9H2,1H3. The van der Waals surface area contributed by atoms with Gasteiger partial charge in [0, 0.05) is 13.1 Å². The lowest BCUT2D eigenvalue weighted by Crippen LogP contribution is -2.31. The predicted octanol–water partition coefficient (Wildman–Crippen LogP) is 0.674. The summed E-state index contributed by atoms with van der Waals surface area (Å²) in [6.45, 7) is 4.44. The largest absolute Gasteiger partial charge is 0.378 e. The van der Waals surface area contributed by atoms with Gasteiger partial charge >= 0.3 is 0 Å². The first-order chi connectivity index (χ1) is 8.10. The van der Waals surface area contributed by atoms with Crippen LogP contribution in [0.1, 0.15) is 6.92 Å². The van der Waals surface area contributed by atoms with Crippen molar-refractivity contribution < 1.29 is 13.2 Å². The van der Waals surface area contributed by atoms with Crippen molar-refractivity contribution in [1.29, 1.82) is 5.26 Å². The molecule has 1 saturated heterocycles. The molecule has 0 unspecified atom stereocenters. The van der Waals surface area contributed by atoms with Crippen molar-refractivity contribution in [2.45, 2.75) is 6.92 Å². The van der Waals surface area contributed by atoms with Gasteiger partial charge in [0.25, 0.3) is 0 Å². The fourth-order valence-corrected chi connectivity index (χ4v) is 2.08. The van der Waals surface area contributed by atoms with Gasteiger partial charge in [-0.2, -0.15) is 5.26 Å². The zero-order valence-electron chi connectivity index (χ0n) is 9.80. The molecule has 94 valence electrons. The lowest BCUT2D eigenvalue weighted by Gasteiger charge is -2.24. The third-order valence-corrected chi connectivity index (χ3v) is 4.07. The molecule has 0 bridgehead atoms. The molecule has 1 fully saturated rings. The van der Waals surface area contributed by atoms with Gasteiger partial charge in [-0.25, -0.2) is 8.42 Å². The number of morpholine rings is 1. The zero-order valence-corrected chi connectivity index (χ0v) is 10.6. The van der Waals surface area contributed by atoms with Crippen molar-refractivity contribution in [2.24, 2.45) is 0 Å². The fraction of sp³-hybridized carbons (Fsp3) is 0.545. The van der Waals surface area contributed by atoms with Crippen LogP contribution in [0.4, 0.5) is 0 Å². The Kier molecular flexibility index (Phi) is 5.19. The molecule has 0 aliphatic carbocycles. The number of allylic oxidation sites excluding steroid dienone is 3. The summed E-state index contributed by atoms with van der Waals surface area (Å²) in [6.07, 6.45) is 4.72. The highest BCUT2D eigenvalue weighted by Crippen LogP contribution is 2.06. The van der Waals surface area contributed by atoms with Gasteiger partial charge in [-0.15, -0.1) is 0 Å². The van der Waals surface area contributed by atoms with Crippen LogP contribution in [-0.4, -0.2) is 45.4 Å². The summed E-state index contributed by atoms with van der Waals surface area (Å²) in [5.74, 6) is -0.0578. The molecule has 0 aromatic heterocycles. The van der Waals surface area contributed by atoms with Crippen LogP contribution in [0.5, 0.6) is 0 Å². The summed E-state index contributed by atoms with van der Waals surface area (Å²) in [5, 5.41) is 8.76. The lowest BCUT2D eigenvalue weighted by atomic mass is 10.4. The van der Waals surface area contributed by atoms with Gasteiger partial charge in [0.2, 0.25) is 0 Å². The highest BCUT2D eigenvalue weighted by molar-refractivity contribution is 7.95. The minimum absolute atomic E-state index is 0.0578. The number of sulfone groups is 1. The average Bonchev–Trinajstić information content (AvgIpc) is 2.35. The third kappa shape index (κ3) is 4.21. The predicted molar refractivity (Wildman–Crippen MR) is 64.7 cm³/mol. The van der Waals surface area contributed by atoms with Gasteiger partial charge in [0.1, 0.15) is 11.0 Å².